The van der Waals surface area contributed by atoms with Crippen molar-refractivity contribution in [1.82, 2.24) is 0 Å². The van der Waals surface area contributed by atoms with Crippen LogP contribution in [0.15, 0.2) is 42.5 Å². The smallest absolute Gasteiger partial charge is 0.134 e. The van der Waals surface area contributed by atoms with Gasteiger partial charge in [-0.05, 0) is 48.2 Å². The van der Waals surface area contributed by atoms with Crippen molar-refractivity contribution in [1.29, 1.82) is 0 Å². The number of hydrogen-bond donors (Lipinski definition) is 2. The van der Waals surface area contributed by atoms with E-state index in [9.17, 15) is 10.2 Å². The Kier molecular flexibility index (Phi) is 3.55. The van der Waals surface area contributed by atoms with Crippen LogP contribution in [-0.4, -0.2) is 10.2 Å². The fourth-order valence-corrected chi connectivity index (χ4v) is 1.91. The zero-order valence-electron chi connectivity index (χ0n) is 9.23. The molecule has 0 saturated carbocycles. The summed E-state index contributed by atoms with van der Waals surface area (Å²) in [4.78, 5) is 0. The topological polar surface area (TPSA) is 40.5 Å². The molecule has 0 aromatic heterocycles. The molecule has 2 aromatic carbocycles. The highest BCUT2D eigenvalue weighted by Gasteiger charge is 2.01. The molecule has 2 aromatic rings. The number of benzene rings is 2. The lowest BCUT2D eigenvalue weighted by molar-refractivity contribution is 0.474. The molecule has 0 aliphatic carbocycles. The first-order chi connectivity index (χ1) is 8.15. The first-order valence-corrected chi connectivity index (χ1v) is 5.78. The van der Waals surface area contributed by atoms with E-state index in [-0.39, 0.29) is 11.5 Å². The van der Waals surface area contributed by atoms with Gasteiger partial charge in [-0.3, -0.25) is 0 Å². The molecule has 0 aliphatic rings. The number of phenolic OH excluding ortho intramolecular Hbond substituents is 2. The van der Waals surface area contributed by atoms with Crippen LogP contribution in [0.3, 0.4) is 0 Å². The van der Waals surface area contributed by atoms with Gasteiger partial charge >= 0.3 is 0 Å². The molecule has 2 N–H and O–H groups in total. The molecule has 0 heterocycles. The van der Waals surface area contributed by atoms with Crippen LogP contribution in [-0.2, 0) is 12.8 Å². The average Bonchev–Trinajstić information content (AvgIpc) is 2.31. The molecule has 2 rings (SSSR count). The molecule has 0 saturated heterocycles. The van der Waals surface area contributed by atoms with Crippen molar-refractivity contribution in [2.24, 2.45) is 0 Å². The number of phenols is 2. The van der Waals surface area contributed by atoms with Gasteiger partial charge in [-0.1, -0.05) is 29.8 Å². The number of aromatic hydroxyl groups is 2. The molecule has 0 radical (unpaired) electrons. The van der Waals surface area contributed by atoms with E-state index in [0.29, 0.717) is 5.02 Å². The summed E-state index contributed by atoms with van der Waals surface area (Å²) in [5.41, 5.74) is 2.14. The molecule has 0 aliphatic heterocycles. The number of halogens is 1. The third kappa shape index (κ3) is 3.14. The first-order valence-electron chi connectivity index (χ1n) is 5.40. The van der Waals surface area contributed by atoms with E-state index in [4.69, 9.17) is 11.6 Å². The lowest BCUT2D eigenvalue weighted by Crippen LogP contribution is -1.91. The maximum absolute atomic E-state index is 9.34. The van der Waals surface area contributed by atoms with E-state index in [0.717, 1.165) is 24.0 Å². The molecule has 17 heavy (non-hydrogen) atoms. The molecule has 0 unspecified atom stereocenters. The second kappa shape index (κ2) is 5.11. The molecule has 0 bridgehead atoms. The zero-order chi connectivity index (χ0) is 12.3. The fourth-order valence-electron chi connectivity index (χ4n) is 1.71. The van der Waals surface area contributed by atoms with Gasteiger partial charge in [-0.2, -0.15) is 0 Å². The van der Waals surface area contributed by atoms with Crippen molar-refractivity contribution in [3.8, 4) is 11.5 Å². The third-order valence-corrected chi connectivity index (χ3v) is 2.93. The van der Waals surface area contributed by atoms with Gasteiger partial charge in [0.15, 0.2) is 0 Å². The Morgan fingerprint density at radius 2 is 1.59 bits per heavy atom. The summed E-state index contributed by atoms with van der Waals surface area (Å²) < 4.78 is 0. The minimum absolute atomic E-state index is 0.104. The van der Waals surface area contributed by atoms with Crippen LogP contribution >= 0.6 is 11.6 Å². The highest BCUT2D eigenvalue weighted by Crippen LogP contribution is 2.24. The summed E-state index contributed by atoms with van der Waals surface area (Å²) in [6.45, 7) is 0. The Morgan fingerprint density at radius 1 is 0.882 bits per heavy atom. The quantitative estimate of drug-likeness (QED) is 0.872. The molecule has 0 amide bonds. The third-order valence-electron chi connectivity index (χ3n) is 2.63. The van der Waals surface area contributed by atoms with Crippen LogP contribution in [0.25, 0.3) is 0 Å². The molecule has 88 valence electrons. The predicted molar refractivity (Wildman–Crippen MR) is 68.6 cm³/mol. The monoisotopic (exact) mass is 248 g/mol. The van der Waals surface area contributed by atoms with Crippen LogP contribution < -0.4 is 0 Å². The Balaban J connectivity index is 2.05. The van der Waals surface area contributed by atoms with E-state index in [1.807, 2.05) is 18.2 Å². The highest BCUT2D eigenvalue weighted by molar-refractivity contribution is 6.32. The van der Waals surface area contributed by atoms with Crippen LogP contribution in [0, 0.1) is 0 Å². The van der Waals surface area contributed by atoms with Gasteiger partial charge in [0, 0.05) is 0 Å². The minimum Gasteiger partial charge on any atom is -0.508 e. The largest absolute Gasteiger partial charge is 0.508 e. The lowest BCUT2D eigenvalue weighted by Gasteiger charge is -2.04. The maximum Gasteiger partial charge on any atom is 0.134 e. The van der Waals surface area contributed by atoms with Crippen LogP contribution in [0.2, 0.25) is 5.02 Å². The van der Waals surface area contributed by atoms with Crippen LogP contribution in [0.4, 0.5) is 0 Å². The second-order valence-electron chi connectivity index (χ2n) is 3.96. The summed E-state index contributed by atoms with van der Waals surface area (Å²) in [7, 11) is 0. The van der Waals surface area contributed by atoms with Crippen molar-refractivity contribution < 1.29 is 10.2 Å². The molecular weight excluding hydrogens is 236 g/mol. The molecule has 2 nitrogen and oxygen atoms in total. The van der Waals surface area contributed by atoms with E-state index in [1.165, 1.54) is 0 Å². The van der Waals surface area contributed by atoms with Crippen molar-refractivity contribution in [3.63, 3.8) is 0 Å². The van der Waals surface area contributed by atoms with Gasteiger partial charge in [0.05, 0.1) is 5.02 Å². The Hall–Kier alpha value is -1.67. The van der Waals surface area contributed by atoms with Gasteiger partial charge in [0.1, 0.15) is 11.5 Å². The summed E-state index contributed by atoms with van der Waals surface area (Å²) in [5, 5.41) is 19.0. The van der Waals surface area contributed by atoms with Gasteiger partial charge in [0.25, 0.3) is 0 Å². The number of hydrogen-bond acceptors (Lipinski definition) is 2. The van der Waals surface area contributed by atoms with Crippen molar-refractivity contribution in [2.75, 3.05) is 0 Å². The average molecular weight is 249 g/mol. The summed E-state index contributed by atoms with van der Waals surface area (Å²) in [6, 6.07) is 12.4. The molecule has 0 atom stereocenters. The fraction of sp³-hybridized carbons (Fsp3) is 0.143. The van der Waals surface area contributed by atoms with E-state index in [2.05, 4.69) is 0 Å². The molecule has 0 fully saturated rings. The van der Waals surface area contributed by atoms with Gasteiger partial charge in [0.2, 0.25) is 0 Å². The highest BCUT2D eigenvalue weighted by atomic mass is 35.5. The maximum atomic E-state index is 9.34. The van der Waals surface area contributed by atoms with Gasteiger partial charge in [-0.15, -0.1) is 0 Å². The van der Waals surface area contributed by atoms with Crippen molar-refractivity contribution in [2.45, 2.75) is 12.8 Å². The standard InChI is InChI=1S/C14H13ClO2/c15-13-9-11(6-7-14(13)17)5-4-10-2-1-3-12(16)8-10/h1-3,6-9,16-17H,4-5H2. The van der Waals surface area contributed by atoms with Crippen molar-refractivity contribution in [3.05, 3.63) is 58.6 Å². The van der Waals surface area contributed by atoms with Gasteiger partial charge < -0.3 is 10.2 Å². The van der Waals surface area contributed by atoms with E-state index < -0.39 is 0 Å². The Bertz CT molecular complexity index is 523. The van der Waals surface area contributed by atoms with Crippen molar-refractivity contribution >= 4 is 11.6 Å². The SMILES string of the molecule is Oc1cccc(CCc2ccc(O)c(Cl)c2)c1. The predicted octanol–water partition coefficient (Wildman–Crippen LogP) is 3.54. The molecule has 3 heteroatoms. The summed E-state index contributed by atoms with van der Waals surface area (Å²) in [5.74, 6) is 0.388. The Morgan fingerprint density at radius 3 is 2.24 bits per heavy atom. The number of rotatable bonds is 3. The van der Waals surface area contributed by atoms with Crippen LogP contribution in [0.1, 0.15) is 11.1 Å². The first kappa shape index (κ1) is 11.8. The van der Waals surface area contributed by atoms with E-state index >= 15 is 0 Å². The minimum atomic E-state index is 0.104. The normalized spacial score (nSPS) is 10.4. The number of aryl methyl sites for hydroxylation is 2. The molecule has 0 spiro atoms. The van der Waals surface area contributed by atoms with Gasteiger partial charge in [-0.25, -0.2) is 0 Å². The summed E-state index contributed by atoms with van der Waals surface area (Å²) >= 11 is 5.83. The second-order valence-corrected chi connectivity index (χ2v) is 4.36. The van der Waals surface area contributed by atoms with E-state index in [1.54, 1.807) is 24.3 Å². The summed E-state index contributed by atoms with van der Waals surface area (Å²) in [6.07, 6.45) is 1.65. The van der Waals surface area contributed by atoms with Crippen LogP contribution in [0.5, 0.6) is 11.5 Å². The molecular formula is C14H13ClO2. The lowest BCUT2D eigenvalue weighted by atomic mass is 10.0. The Labute approximate surface area is 105 Å². The zero-order valence-corrected chi connectivity index (χ0v) is 9.98.